The quantitative estimate of drug-likeness (QED) is 0.578. The average molecular weight is 409 g/mol. The zero-order valence-electron chi connectivity index (χ0n) is 15.7. The normalized spacial score (nSPS) is 19.7. The monoisotopic (exact) mass is 408 g/mol. The number of anilines is 1. The molecule has 9 heteroatoms. The minimum Gasteiger partial charge on any atom is -0.370 e. The van der Waals surface area contributed by atoms with Crippen LogP contribution in [0.3, 0.4) is 0 Å². The molecule has 0 bridgehead atoms. The Bertz CT molecular complexity index is 949. The van der Waals surface area contributed by atoms with E-state index < -0.39 is 15.1 Å². The van der Waals surface area contributed by atoms with Crippen molar-refractivity contribution >= 4 is 44.2 Å². The van der Waals surface area contributed by atoms with Crippen LogP contribution in [0, 0.1) is 0 Å². The molecule has 1 N–H and O–H groups in total. The molecule has 146 valence electrons. The zero-order valence-corrected chi connectivity index (χ0v) is 17.3. The maximum Gasteiger partial charge on any atom is 0.235 e. The largest absolute Gasteiger partial charge is 0.370 e. The Morgan fingerprint density at radius 1 is 1.37 bits per heavy atom. The van der Waals surface area contributed by atoms with Crippen LogP contribution in [0.2, 0.25) is 0 Å². The Labute approximate surface area is 163 Å². The number of para-hydroxylation sites is 1. The molecule has 0 radical (unpaired) electrons. The summed E-state index contributed by atoms with van der Waals surface area (Å²) in [5, 5.41) is 4.30. The first-order valence-corrected chi connectivity index (χ1v) is 11.6. The van der Waals surface area contributed by atoms with E-state index in [4.69, 9.17) is 0 Å². The number of nitrogens with one attached hydrogen (secondary N) is 1. The number of thioether (sulfide) groups is 1. The van der Waals surface area contributed by atoms with Crippen molar-refractivity contribution < 1.29 is 13.2 Å². The first-order chi connectivity index (χ1) is 12.8. The summed E-state index contributed by atoms with van der Waals surface area (Å²) in [6, 6.07) is 7.49. The summed E-state index contributed by atoms with van der Waals surface area (Å²) in [6.07, 6.45) is 0.499. The number of fused-ring (bicyclic) bond motifs is 1. The van der Waals surface area contributed by atoms with Gasteiger partial charge in [-0.1, -0.05) is 23.9 Å². The van der Waals surface area contributed by atoms with Crippen LogP contribution in [-0.2, 0) is 14.6 Å². The lowest BCUT2D eigenvalue weighted by Gasteiger charge is -2.26. The second kappa shape index (κ2) is 8.02. The lowest BCUT2D eigenvalue weighted by atomic mass is 10.2. The average Bonchev–Trinajstić information content (AvgIpc) is 3.00. The molecule has 0 aliphatic carbocycles. The van der Waals surface area contributed by atoms with Crippen LogP contribution < -0.4 is 5.32 Å². The summed E-state index contributed by atoms with van der Waals surface area (Å²) >= 11 is 1.29. The number of rotatable bonds is 6. The van der Waals surface area contributed by atoms with Crippen molar-refractivity contribution in [2.45, 2.75) is 36.7 Å². The van der Waals surface area contributed by atoms with E-state index in [1.807, 2.05) is 31.2 Å². The van der Waals surface area contributed by atoms with Crippen molar-refractivity contribution in [2.75, 3.05) is 30.4 Å². The fraction of sp³-hybridized carbons (Fsp3) is 0.500. The molecule has 3 rings (SSSR count). The highest BCUT2D eigenvalue weighted by Crippen LogP contribution is 2.28. The highest BCUT2D eigenvalue weighted by Gasteiger charge is 2.34. The van der Waals surface area contributed by atoms with Crippen molar-refractivity contribution in [3.63, 3.8) is 0 Å². The fourth-order valence-corrected chi connectivity index (χ4v) is 5.82. The van der Waals surface area contributed by atoms with Crippen molar-refractivity contribution in [1.82, 2.24) is 14.9 Å². The predicted molar refractivity (Wildman–Crippen MR) is 109 cm³/mol. The Balaban J connectivity index is 1.77. The van der Waals surface area contributed by atoms with E-state index in [1.165, 1.54) is 11.8 Å². The van der Waals surface area contributed by atoms with Gasteiger partial charge in [-0.05, 0) is 32.4 Å². The molecule has 1 fully saturated rings. The van der Waals surface area contributed by atoms with Gasteiger partial charge in [0.25, 0.3) is 0 Å². The highest BCUT2D eigenvalue weighted by molar-refractivity contribution is 8.00. The third kappa shape index (κ3) is 4.52. The summed E-state index contributed by atoms with van der Waals surface area (Å²) in [5.74, 6) is 0.838. The van der Waals surface area contributed by atoms with Crippen LogP contribution in [0.15, 0.2) is 29.4 Å². The number of benzene rings is 1. The number of sulfone groups is 1. The summed E-state index contributed by atoms with van der Waals surface area (Å²) in [5.41, 5.74) is 0.820. The van der Waals surface area contributed by atoms with Gasteiger partial charge in [-0.15, -0.1) is 0 Å². The molecule has 0 spiro atoms. The van der Waals surface area contributed by atoms with Gasteiger partial charge in [0.2, 0.25) is 5.91 Å². The number of carbonyl (C=O) groups is 1. The second-order valence-corrected chi connectivity index (χ2v) is 10.2. The number of amides is 1. The number of carbonyl (C=O) groups excluding carboxylic acids is 1. The molecule has 1 aliphatic heterocycles. The van der Waals surface area contributed by atoms with Crippen LogP contribution in [0.1, 0.15) is 20.3 Å². The fourth-order valence-electron chi connectivity index (χ4n) is 3.17. The predicted octanol–water partition coefficient (Wildman–Crippen LogP) is 2.19. The number of hydrogen-bond donors (Lipinski definition) is 1. The molecule has 1 aliphatic rings. The lowest BCUT2D eigenvalue weighted by molar-refractivity contribution is -0.130. The van der Waals surface area contributed by atoms with E-state index in [0.29, 0.717) is 11.6 Å². The Morgan fingerprint density at radius 2 is 2.11 bits per heavy atom. The summed E-state index contributed by atoms with van der Waals surface area (Å²) < 4.78 is 23.4. The smallest absolute Gasteiger partial charge is 0.235 e. The topological polar surface area (TPSA) is 92.3 Å². The Morgan fingerprint density at radius 3 is 2.78 bits per heavy atom. The van der Waals surface area contributed by atoms with E-state index in [9.17, 15) is 13.2 Å². The van der Waals surface area contributed by atoms with Gasteiger partial charge in [0.15, 0.2) is 15.0 Å². The Kier molecular flexibility index (Phi) is 5.90. The van der Waals surface area contributed by atoms with Gasteiger partial charge in [0.1, 0.15) is 5.82 Å². The van der Waals surface area contributed by atoms with Crippen LogP contribution in [0.25, 0.3) is 10.9 Å². The van der Waals surface area contributed by atoms with Gasteiger partial charge in [-0.2, -0.15) is 0 Å². The molecule has 7 nitrogen and oxygen atoms in total. The van der Waals surface area contributed by atoms with Gasteiger partial charge in [0.05, 0.1) is 22.3 Å². The Hall–Kier alpha value is -1.87. The van der Waals surface area contributed by atoms with Crippen molar-refractivity contribution in [2.24, 2.45) is 0 Å². The number of hydrogen-bond acceptors (Lipinski definition) is 7. The third-order valence-corrected chi connectivity index (χ3v) is 7.36. The molecule has 0 unspecified atom stereocenters. The van der Waals surface area contributed by atoms with E-state index in [1.54, 1.807) is 18.9 Å². The number of aromatic nitrogens is 2. The molecule has 1 saturated heterocycles. The first-order valence-electron chi connectivity index (χ1n) is 8.95. The lowest BCUT2D eigenvalue weighted by Crippen LogP contribution is -2.41. The molecule has 2 heterocycles. The maximum atomic E-state index is 12.8. The van der Waals surface area contributed by atoms with Crippen molar-refractivity contribution in [3.05, 3.63) is 24.3 Å². The second-order valence-electron chi connectivity index (χ2n) is 6.67. The van der Waals surface area contributed by atoms with Gasteiger partial charge >= 0.3 is 0 Å². The molecule has 1 aromatic heterocycles. The standard InChI is InChI=1S/C18H24N4O3S2/c1-4-19-16-14-7-5-6-8-15(14)20-18(21-16)26-12(2)17(23)22(3)13-9-10-27(24,25)11-13/h5-8,12-13H,4,9-11H2,1-3H3,(H,19,20,21)/t12-,13-/m0/s1. The minimum absolute atomic E-state index is 0.0453. The first kappa shape index (κ1) is 19.9. The van der Waals surface area contributed by atoms with E-state index >= 15 is 0 Å². The summed E-state index contributed by atoms with van der Waals surface area (Å²) in [6.45, 7) is 4.54. The maximum absolute atomic E-state index is 12.8. The minimum atomic E-state index is -3.03. The summed E-state index contributed by atoms with van der Waals surface area (Å²) in [4.78, 5) is 23.5. The SMILES string of the molecule is CCNc1nc(S[C@@H](C)C(=O)N(C)[C@H]2CCS(=O)(=O)C2)nc2ccccc12. The van der Waals surface area contributed by atoms with Crippen molar-refractivity contribution in [1.29, 1.82) is 0 Å². The van der Waals surface area contributed by atoms with Crippen LogP contribution in [0.5, 0.6) is 0 Å². The van der Waals surface area contributed by atoms with Gasteiger partial charge in [-0.25, -0.2) is 18.4 Å². The summed E-state index contributed by atoms with van der Waals surface area (Å²) in [7, 11) is -1.35. The van der Waals surface area contributed by atoms with Gasteiger partial charge in [-0.3, -0.25) is 4.79 Å². The van der Waals surface area contributed by atoms with E-state index in [0.717, 1.165) is 23.3 Å². The van der Waals surface area contributed by atoms with Crippen molar-refractivity contribution in [3.8, 4) is 0 Å². The van der Waals surface area contributed by atoms with Gasteiger partial charge in [0, 0.05) is 25.0 Å². The van der Waals surface area contributed by atoms with Crippen LogP contribution in [0.4, 0.5) is 5.82 Å². The highest BCUT2D eigenvalue weighted by atomic mass is 32.2. The van der Waals surface area contributed by atoms with Gasteiger partial charge < -0.3 is 10.2 Å². The number of nitrogens with zero attached hydrogens (tertiary/aromatic N) is 3. The molecule has 0 saturated carbocycles. The van der Waals surface area contributed by atoms with E-state index in [2.05, 4.69) is 15.3 Å². The van der Waals surface area contributed by atoms with Crippen LogP contribution in [-0.4, -0.2) is 65.6 Å². The molecular weight excluding hydrogens is 384 g/mol. The molecule has 2 atom stereocenters. The molecule has 1 aromatic carbocycles. The molecule has 2 aromatic rings. The molecular formula is C18H24N4O3S2. The van der Waals surface area contributed by atoms with E-state index in [-0.39, 0.29) is 23.5 Å². The molecule has 27 heavy (non-hydrogen) atoms. The third-order valence-electron chi connectivity index (χ3n) is 4.66. The van der Waals surface area contributed by atoms with Crippen LogP contribution >= 0.6 is 11.8 Å². The molecule has 1 amide bonds. The zero-order chi connectivity index (χ0) is 19.6.